The largest absolute Gasteiger partial charge is 0.508 e. The molecule has 0 bridgehead atoms. The molecule has 0 fully saturated rings. The second-order valence-electron chi connectivity index (χ2n) is 6.24. The number of rotatable bonds is 5. The standard InChI is InChI=1S/C20H22N2O3/c1-22(2)11-10-21-18-13-20(14-4-7-16(24-3)8-5-14)25-19-9-6-15(23)12-17(18)19/h4-9,12-13,23H,10-11H2,1-3H3/p+1. The lowest BCUT2D eigenvalue weighted by molar-refractivity contribution is -0.856. The molecule has 3 rings (SSSR count). The second kappa shape index (κ2) is 7.40. The van der Waals surface area contributed by atoms with Gasteiger partial charge in [-0.1, -0.05) is 0 Å². The van der Waals surface area contributed by atoms with E-state index < -0.39 is 0 Å². The Morgan fingerprint density at radius 1 is 1.08 bits per heavy atom. The lowest BCUT2D eigenvalue weighted by Crippen LogP contribution is -3.06. The number of nitrogens with one attached hydrogen (secondary N) is 1. The van der Waals surface area contributed by atoms with Crippen LogP contribution in [0, 0.1) is 0 Å². The molecule has 25 heavy (non-hydrogen) atoms. The van der Waals surface area contributed by atoms with E-state index in [-0.39, 0.29) is 5.75 Å². The maximum atomic E-state index is 9.81. The molecule has 1 heterocycles. The molecule has 5 nitrogen and oxygen atoms in total. The van der Waals surface area contributed by atoms with E-state index in [9.17, 15) is 5.11 Å². The molecule has 0 radical (unpaired) electrons. The van der Waals surface area contributed by atoms with E-state index in [0.717, 1.165) is 34.4 Å². The minimum absolute atomic E-state index is 0.203. The van der Waals surface area contributed by atoms with Crippen molar-refractivity contribution in [1.82, 2.24) is 0 Å². The van der Waals surface area contributed by atoms with Gasteiger partial charge in [0.2, 0.25) is 0 Å². The van der Waals surface area contributed by atoms with E-state index in [0.29, 0.717) is 12.1 Å². The Kier molecular flexibility index (Phi) is 5.05. The van der Waals surface area contributed by atoms with Crippen molar-refractivity contribution in [3.05, 3.63) is 53.9 Å². The highest BCUT2D eigenvalue weighted by atomic mass is 16.5. The van der Waals surface area contributed by atoms with Crippen molar-refractivity contribution in [3.63, 3.8) is 0 Å². The molecular weight excluding hydrogens is 316 g/mol. The number of benzene rings is 2. The summed E-state index contributed by atoms with van der Waals surface area (Å²) in [6.07, 6.45) is 0. The fourth-order valence-corrected chi connectivity index (χ4v) is 2.59. The summed E-state index contributed by atoms with van der Waals surface area (Å²) < 4.78 is 11.2. The third-order valence-corrected chi connectivity index (χ3v) is 4.00. The van der Waals surface area contributed by atoms with Gasteiger partial charge >= 0.3 is 0 Å². The third-order valence-electron chi connectivity index (χ3n) is 4.00. The lowest BCUT2D eigenvalue weighted by Gasteiger charge is -2.07. The van der Waals surface area contributed by atoms with Gasteiger partial charge in [-0.25, -0.2) is 0 Å². The van der Waals surface area contributed by atoms with E-state index in [1.165, 1.54) is 4.90 Å². The number of aromatic hydroxyl groups is 1. The lowest BCUT2D eigenvalue weighted by atomic mass is 10.1. The van der Waals surface area contributed by atoms with Crippen molar-refractivity contribution in [3.8, 4) is 22.8 Å². The number of nitrogens with zero attached hydrogens (tertiary/aromatic N) is 1. The van der Waals surface area contributed by atoms with Crippen LogP contribution in [0.25, 0.3) is 22.3 Å². The number of likely N-dealkylation sites (N-methyl/N-ethyl adjacent to an activating group) is 1. The van der Waals surface area contributed by atoms with Gasteiger partial charge in [0, 0.05) is 17.0 Å². The molecule has 2 N–H and O–H groups in total. The molecule has 3 aromatic rings. The van der Waals surface area contributed by atoms with Crippen LogP contribution in [0.15, 0.2) is 57.9 Å². The number of hydrogen-bond donors (Lipinski definition) is 2. The van der Waals surface area contributed by atoms with Gasteiger partial charge in [0.05, 0.1) is 39.7 Å². The van der Waals surface area contributed by atoms with Gasteiger partial charge in [-0.05, 0) is 42.5 Å². The predicted molar refractivity (Wildman–Crippen MR) is 98.0 cm³/mol. The highest BCUT2D eigenvalue weighted by Crippen LogP contribution is 2.25. The summed E-state index contributed by atoms with van der Waals surface area (Å²) in [7, 11) is 5.84. The summed E-state index contributed by atoms with van der Waals surface area (Å²) in [5, 5.41) is 11.4. The van der Waals surface area contributed by atoms with E-state index in [1.807, 2.05) is 30.3 Å². The van der Waals surface area contributed by atoms with Crippen LogP contribution < -0.4 is 15.0 Å². The van der Waals surface area contributed by atoms with Gasteiger partial charge < -0.3 is 19.2 Å². The Morgan fingerprint density at radius 3 is 2.52 bits per heavy atom. The molecule has 5 heteroatoms. The van der Waals surface area contributed by atoms with Crippen LogP contribution in [-0.4, -0.2) is 39.4 Å². The second-order valence-corrected chi connectivity index (χ2v) is 6.24. The molecule has 0 aliphatic heterocycles. The van der Waals surface area contributed by atoms with Gasteiger partial charge in [-0.2, -0.15) is 0 Å². The number of methoxy groups -OCH3 is 1. The molecule has 0 atom stereocenters. The topological polar surface area (TPSA) is 59.4 Å². The first-order valence-corrected chi connectivity index (χ1v) is 8.27. The number of phenols is 1. The van der Waals surface area contributed by atoms with Crippen LogP contribution in [0.1, 0.15) is 0 Å². The SMILES string of the molecule is COc1ccc(-c2cc(=NCC[NH+](C)C)c3cc(O)ccc3o2)cc1. The highest BCUT2D eigenvalue weighted by Gasteiger charge is 2.07. The molecule has 0 unspecified atom stereocenters. The van der Waals surface area contributed by atoms with Gasteiger partial charge in [-0.15, -0.1) is 0 Å². The Balaban J connectivity index is 2.11. The Labute approximate surface area is 146 Å². The maximum absolute atomic E-state index is 9.81. The Hall–Kier alpha value is -2.79. The summed E-state index contributed by atoms with van der Waals surface area (Å²) in [6.45, 7) is 1.64. The smallest absolute Gasteiger partial charge is 0.137 e. The first-order valence-electron chi connectivity index (χ1n) is 8.27. The fourth-order valence-electron chi connectivity index (χ4n) is 2.59. The van der Waals surface area contributed by atoms with Crippen molar-refractivity contribution < 1.29 is 19.2 Å². The first-order chi connectivity index (χ1) is 12.1. The molecular formula is C20H23N2O3+. The molecule has 0 saturated heterocycles. The van der Waals surface area contributed by atoms with Gasteiger partial charge in [-0.3, -0.25) is 4.99 Å². The van der Waals surface area contributed by atoms with Crippen LogP contribution in [-0.2, 0) is 0 Å². The monoisotopic (exact) mass is 339 g/mol. The van der Waals surface area contributed by atoms with Crippen LogP contribution in [0.5, 0.6) is 11.5 Å². The zero-order chi connectivity index (χ0) is 17.8. The van der Waals surface area contributed by atoms with Crippen molar-refractivity contribution in [2.24, 2.45) is 4.99 Å². The van der Waals surface area contributed by atoms with Crippen LogP contribution >= 0.6 is 0 Å². The summed E-state index contributed by atoms with van der Waals surface area (Å²) in [4.78, 5) is 6.06. The van der Waals surface area contributed by atoms with Gasteiger partial charge in [0.1, 0.15) is 22.8 Å². The fraction of sp³-hybridized carbons (Fsp3) is 0.250. The third kappa shape index (κ3) is 4.00. The molecule has 0 aliphatic rings. The minimum Gasteiger partial charge on any atom is -0.508 e. The van der Waals surface area contributed by atoms with E-state index in [1.54, 1.807) is 25.3 Å². The van der Waals surface area contributed by atoms with E-state index in [4.69, 9.17) is 14.1 Å². The van der Waals surface area contributed by atoms with Crippen LogP contribution in [0.3, 0.4) is 0 Å². The zero-order valence-electron chi connectivity index (χ0n) is 14.7. The quantitative estimate of drug-likeness (QED) is 0.746. The average molecular weight is 339 g/mol. The highest BCUT2D eigenvalue weighted by molar-refractivity contribution is 5.80. The van der Waals surface area contributed by atoms with Gasteiger partial charge in [0.25, 0.3) is 0 Å². The van der Waals surface area contributed by atoms with Crippen molar-refractivity contribution in [2.75, 3.05) is 34.3 Å². The van der Waals surface area contributed by atoms with Gasteiger partial charge in [0.15, 0.2) is 0 Å². The normalized spacial score (nSPS) is 12.1. The molecule has 0 spiro atoms. The van der Waals surface area contributed by atoms with E-state index in [2.05, 4.69) is 14.1 Å². The Morgan fingerprint density at radius 2 is 1.84 bits per heavy atom. The zero-order valence-corrected chi connectivity index (χ0v) is 14.7. The Bertz CT molecular complexity index is 928. The summed E-state index contributed by atoms with van der Waals surface area (Å²) in [5.74, 6) is 1.74. The van der Waals surface area contributed by atoms with Crippen LogP contribution in [0.2, 0.25) is 0 Å². The van der Waals surface area contributed by atoms with Crippen LogP contribution in [0.4, 0.5) is 0 Å². The minimum atomic E-state index is 0.203. The van der Waals surface area contributed by atoms with Crippen molar-refractivity contribution in [2.45, 2.75) is 0 Å². The number of quaternary nitrogens is 1. The number of ether oxygens (including phenoxy) is 1. The number of hydrogen-bond acceptors (Lipinski definition) is 4. The average Bonchev–Trinajstić information content (AvgIpc) is 2.61. The molecule has 0 aliphatic carbocycles. The molecule has 0 saturated carbocycles. The number of phenolic OH excluding ortho intramolecular Hbond substituents is 1. The molecule has 1 aromatic heterocycles. The summed E-state index contributed by atoms with van der Waals surface area (Å²) in [5.41, 5.74) is 1.65. The van der Waals surface area contributed by atoms with Crippen molar-refractivity contribution in [1.29, 1.82) is 0 Å². The van der Waals surface area contributed by atoms with Crippen molar-refractivity contribution >= 4 is 11.0 Å². The predicted octanol–water partition coefficient (Wildman–Crippen LogP) is 1.86. The first kappa shape index (κ1) is 17.0. The van der Waals surface area contributed by atoms with E-state index >= 15 is 0 Å². The molecule has 130 valence electrons. The maximum Gasteiger partial charge on any atom is 0.137 e. The summed E-state index contributed by atoms with van der Waals surface area (Å²) in [6, 6.07) is 14.7. The molecule has 0 amide bonds. The summed E-state index contributed by atoms with van der Waals surface area (Å²) >= 11 is 0. The molecule has 2 aromatic carbocycles. The number of fused-ring (bicyclic) bond motifs is 1.